The van der Waals surface area contributed by atoms with Crippen LogP contribution in [0, 0.1) is 0 Å². The van der Waals surface area contributed by atoms with Crippen LogP contribution in [0.1, 0.15) is 46.5 Å². The van der Waals surface area contributed by atoms with Crippen molar-refractivity contribution in [1.29, 1.82) is 0 Å². The monoisotopic (exact) mass is 384 g/mol. The Labute approximate surface area is 162 Å². The van der Waals surface area contributed by atoms with Gasteiger partial charge in [-0.15, -0.1) is 0 Å². The Bertz CT molecular complexity index is 488. The molecule has 0 spiro atoms. The molecular formula is C18H36N6O3. The lowest BCUT2D eigenvalue weighted by atomic mass is 10.2. The average Bonchev–Trinajstić information content (AvgIpc) is 2.68. The number of nitrogens with one attached hydrogen (secondary N) is 2. The standard InChI is InChI=1S/C18H36N6O3/c1-4-7-10-27-18-23-16(20-9-12-26-14-13-25-11-8-19)22-17(24-18)21-15(5-2)6-3/h15H,4-14,19H2,1-3H3,(H2,20,21,22,23,24). The van der Waals surface area contributed by atoms with Crippen molar-refractivity contribution in [3.05, 3.63) is 0 Å². The zero-order valence-electron chi connectivity index (χ0n) is 17.0. The van der Waals surface area contributed by atoms with Crippen LogP contribution < -0.4 is 21.1 Å². The van der Waals surface area contributed by atoms with Gasteiger partial charge in [-0.25, -0.2) is 0 Å². The van der Waals surface area contributed by atoms with Crippen molar-refractivity contribution < 1.29 is 14.2 Å². The van der Waals surface area contributed by atoms with Gasteiger partial charge in [0.15, 0.2) is 0 Å². The maximum atomic E-state index is 5.66. The summed E-state index contributed by atoms with van der Waals surface area (Å²) in [5.74, 6) is 1.01. The third-order valence-corrected chi connectivity index (χ3v) is 3.83. The molecule has 1 heterocycles. The molecule has 4 N–H and O–H groups in total. The Morgan fingerprint density at radius 1 is 0.889 bits per heavy atom. The number of unbranched alkanes of at least 4 members (excludes halogenated alkanes) is 1. The fourth-order valence-electron chi connectivity index (χ4n) is 2.19. The second kappa shape index (κ2) is 15.4. The molecule has 27 heavy (non-hydrogen) atoms. The van der Waals surface area contributed by atoms with Crippen LogP contribution in [0.15, 0.2) is 0 Å². The summed E-state index contributed by atoms with van der Waals surface area (Å²) in [5, 5.41) is 6.50. The molecule has 9 heteroatoms. The van der Waals surface area contributed by atoms with Gasteiger partial charge in [-0.05, 0) is 19.3 Å². The Balaban J connectivity index is 2.52. The summed E-state index contributed by atoms with van der Waals surface area (Å²) >= 11 is 0. The van der Waals surface area contributed by atoms with Crippen LogP contribution in [-0.4, -0.2) is 67.1 Å². The summed E-state index contributed by atoms with van der Waals surface area (Å²) < 4.78 is 16.4. The SMILES string of the molecule is CCCCOc1nc(NCCOCCOCCN)nc(NC(CC)CC)n1. The summed E-state index contributed by atoms with van der Waals surface area (Å²) in [5.41, 5.74) is 5.36. The molecule has 1 aromatic rings. The third kappa shape index (κ3) is 10.9. The zero-order valence-corrected chi connectivity index (χ0v) is 17.0. The number of aromatic nitrogens is 3. The predicted molar refractivity (Wildman–Crippen MR) is 107 cm³/mol. The topological polar surface area (TPSA) is 116 Å². The quantitative estimate of drug-likeness (QED) is 0.347. The molecule has 9 nitrogen and oxygen atoms in total. The first-order valence-corrected chi connectivity index (χ1v) is 9.98. The van der Waals surface area contributed by atoms with E-state index in [9.17, 15) is 0 Å². The lowest BCUT2D eigenvalue weighted by Crippen LogP contribution is -2.21. The minimum absolute atomic E-state index is 0.320. The highest BCUT2D eigenvalue weighted by atomic mass is 16.5. The first-order chi connectivity index (χ1) is 13.2. The van der Waals surface area contributed by atoms with Crippen LogP contribution in [0.3, 0.4) is 0 Å². The largest absolute Gasteiger partial charge is 0.463 e. The molecular weight excluding hydrogens is 348 g/mol. The van der Waals surface area contributed by atoms with Gasteiger partial charge in [-0.3, -0.25) is 0 Å². The molecule has 0 aliphatic heterocycles. The van der Waals surface area contributed by atoms with Gasteiger partial charge < -0.3 is 30.6 Å². The molecule has 0 saturated carbocycles. The summed E-state index contributed by atoms with van der Waals surface area (Å²) in [6.07, 6.45) is 4.01. The molecule has 1 aromatic heterocycles. The Morgan fingerprint density at radius 3 is 2.26 bits per heavy atom. The number of anilines is 2. The Hall–Kier alpha value is -1.71. The van der Waals surface area contributed by atoms with E-state index in [1.165, 1.54) is 0 Å². The van der Waals surface area contributed by atoms with Crippen molar-refractivity contribution >= 4 is 11.9 Å². The van der Waals surface area contributed by atoms with E-state index in [-0.39, 0.29) is 0 Å². The lowest BCUT2D eigenvalue weighted by Gasteiger charge is -2.16. The predicted octanol–water partition coefficient (Wildman–Crippen LogP) is 2.05. The van der Waals surface area contributed by atoms with E-state index in [0.717, 1.165) is 25.7 Å². The van der Waals surface area contributed by atoms with Gasteiger partial charge in [0.2, 0.25) is 11.9 Å². The van der Waals surface area contributed by atoms with Crippen molar-refractivity contribution in [2.45, 2.75) is 52.5 Å². The maximum absolute atomic E-state index is 5.66. The summed E-state index contributed by atoms with van der Waals surface area (Å²) in [6.45, 7) is 10.2. The van der Waals surface area contributed by atoms with Gasteiger partial charge >= 0.3 is 6.01 Å². The Kier molecular flexibility index (Phi) is 13.3. The van der Waals surface area contributed by atoms with E-state index in [4.69, 9.17) is 19.9 Å². The highest BCUT2D eigenvalue weighted by Crippen LogP contribution is 2.14. The van der Waals surface area contributed by atoms with Crippen molar-refractivity contribution in [1.82, 2.24) is 15.0 Å². The van der Waals surface area contributed by atoms with E-state index in [1.54, 1.807) is 0 Å². The van der Waals surface area contributed by atoms with E-state index in [1.807, 2.05) is 0 Å². The van der Waals surface area contributed by atoms with Gasteiger partial charge in [-0.1, -0.05) is 27.2 Å². The van der Waals surface area contributed by atoms with Crippen LogP contribution in [0.4, 0.5) is 11.9 Å². The molecule has 1 rings (SSSR count). The minimum atomic E-state index is 0.320. The van der Waals surface area contributed by atoms with E-state index < -0.39 is 0 Å². The first-order valence-electron chi connectivity index (χ1n) is 9.98. The molecule has 0 aromatic carbocycles. The van der Waals surface area contributed by atoms with Crippen molar-refractivity contribution in [3.63, 3.8) is 0 Å². The number of rotatable bonds is 17. The Morgan fingerprint density at radius 2 is 1.59 bits per heavy atom. The molecule has 0 amide bonds. The first kappa shape index (κ1) is 23.3. The second-order valence-electron chi connectivity index (χ2n) is 6.07. The molecule has 0 fully saturated rings. The summed E-state index contributed by atoms with van der Waals surface area (Å²) in [6, 6.07) is 0.658. The minimum Gasteiger partial charge on any atom is -0.463 e. The van der Waals surface area contributed by atoms with Gasteiger partial charge in [0.25, 0.3) is 0 Å². The zero-order chi connectivity index (χ0) is 19.7. The van der Waals surface area contributed by atoms with Gasteiger partial charge in [0.1, 0.15) is 0 Å². The molecule has 0 unspecified atom stereocenters. The highest BCUT2D eigenvalue weighted by Gasteiger charge is 2.11. The fourth-order valence-corrected chi connectivity index (χ4v) is 2.19. The molecule has 0 saturated heterocycles. The van der Waals surface area contributed by atoms with E-state index in [0.29, 0.717) is 70.1 Å². The average molecular weight is 385 g/mol. The third-order valence-electron chi connectivity index (χ3n) is 3.83. The molecule has 0 atom stereocenters. The number of ether oxygens (including phenoxy) is 3. The van der Waals surface area contributed by atoms with Crippen LogP contribution in [0.2, 0.25) is 0 Å². The van der Waals surface area contributed by atoms with Crippen molar-refractivity contribution in [3.8, 4) is 6.01 Å². The van der Waals surface area contributed by atoms with Crippen LogP contribution >= 0.6 is 0 Å². The smallest absolute Gasteiger partial charge is 0.323 e. The molecule has 0 radical (unpaired) electrons. The van der Waals surface area contributed by atoms with E-state index in [2.05, 4.69) is 46.4 Å². The number of nitrogens with zero attached hydrogens (tertiary/aromatic N) is 3. The molecule has 0 aliphatic rings. The fraction of sp³-hybridized carbons (Fsp3) is 0.833. The van der Waals surface area contributed by atoms with Crippen molar-refractivity contribution in [2.75, 3.05) is 56.8 Å². The molecule has 156 valence electrons. The second-order valence-corrected chi connectivity index (χ2v) is 6.07. The van der Waals surface area contributed by atoms with Gasteiger partial charge in [0, 0.05) is 19.1 Å². The van der Waals surface area contributed by atoms with Gasteiger partial charge in [-0.2, -0.15) is 15.0 Å². The van der Waals surface area contributed by atoms with Crippen LogP contribution in [0.25, 0.3) is 0 Å². The molecule has 0 bridgehead atoms. The van der Waals surface area contributed by atoms with Crippen LogP contribution in [-0.2, 0) is 9.47 Å². The normalized spacial score (nSPS) is 11.0. The summed E-state index contributed by atoms with van der Waals surface area (Å²) in [7, 11) is 0. The molecule has 0 aliphatic carbocycles. The maximum Gasteiger partial charge on any atom is 0.323 e. The number of hydrogen-bond donors (Lipinski definition) is 3. The number of hydrogen-bond acceptors (Lipinski definition) is 9. The number of nitrogens with two attached hydrogens (primary N) is 1. The van der Waals surface area contributed by atoms with Crippen molar-refractivity contribution in [2.24, 2.45) is 5.73 Å². The summed E-state index contributed by atoms with van der Waals surface area (Å²) in [4.78, 5) is 13.1. The van der Waals surface area contributed by atoms with E-state index >= 15 is 0 Å². The highest BCUT2D eigenvalue weighted by molar-refractivity contribution is 5.36. The van der Waals surface area contributed by atoms with Crippen LogP contribution in [0.5, 0.6) is 6.01 Å². The lowest BCUT2D eigenvalue weighted by molar-refractivity contribution is 0.0547. The van der Waals surface area contributed by atoms with Gasteiger partial charge in [0.05, 0.1) is 33.0 Å².